The molecule has 0 aromatic heterocycles. The van der Waals surface area contributed by atoms with Crippen LogP contribution < -0.4 is 10.2 Å². The standard InChI is InChI=1S/C22H21F2N3O4S/c1-15(32-14-20(28)26-17-9-7-16(23)8-10-17)22(30)31-13-21(29)27(12-4-11-25)19-6-3-2-5-18(19)24/h2-3,5-10,15H,4,12-14H2,1H3,(H,26,28). The number of carbonyl (C=O) groups is 3. The molecule has 2 rings (SSSR count). The highest BCUT2D eigenvalue weighted by molar-refractivity contribution is 8.01. The van der Waals surface area contributed by atoms with Crippen molar-refractivity contribution >= 4 is 40.9 Å². The Hall–Kier alpha value is -3.45. The van der Waals surface area contributed by atoms with Gasteiger partial charge in [-0.15, -0.1) is 11.8 Å². The smallest absolute Gasteiger partial charge is 0.319 e. The van der Waals surface area contributed by atoms with Gasteiger partial charge in [-0.25, -0.2) is 8.78 Å². The summed E-state index contributed by atoms with van der Waals surface area (Å²) in [5, 5.41) is 10.6. The number of anilines is 2. The average Bonchev–Trinajstić information content (AvgIpc) is 2.78. The Kier molecular flexibility index (Phi) is 9.63. The van der Waals surface area contributed by atoms with Gasteiger partial charge in [0, 0.05) is 12.2 Å². The van der Waals surface area contributed by atoms with Crippen molar-refractivity contribution in [3.63, 3.8) is 0 Å². The molecule has 1 N–H and O–H groups in total. The maximum absolute atomic E-state index is 14.1. The number of halogens is 2. The van der Waals surface area contributed by atoms with E-state index in [1.165, 1.54) is 49.4 Å². The van der Waals surface area contributed by atoms with Crippen LogP contribution >= 0.6 is 11.8 Å². The molecule has 2 amide bonds. The van der Waals surface area contributed by atoms with Crippen molar-refractivity contribution in [2.45, 2.75) is 18.6 Å². The third-order valence-corrected chi connectivity index (χ3v) is 5.28. The van der Waals surface area contributed by atoms with E-state index in [1.807, 2.05) is 6.07 Å². The number of para-hydroxylation sites is 1. The van der Waals surface area contributed by atoms with Gasteiger partial charge in [0.2, 0.25) is 5.91 Å². The minimum absolute atomic E-state index is 0.0105. The fourth-order valence-electron chi connectivity index (χ4n) is 2.54. The Balaban J connectivity index is 1.84. The molecule has 0 spiro atoms. The topological polar surface area (TPSA) is 99.5 Å². The van der Waals surface area contributed by atoms with E-state index < -0.39 is 35.4 Å². The van der Waals surface area contributed by atoms with Crippen molar-refractivity contribution in [1.29, 1.82) is 5.26 Å². The lowest BCUT2D eigenvalue weighted by molar-refractivity contribution is -0.147. The van der Waals surface area contributed by atoms with E-state index in [4.69, 9.17) is 10.00 Å². The second-order valence-corrected chi connectivity index (χ2v) is 7.85. The van der Waals surface area contributed by atoms with Gasteiger partial charge in [0.1, 0.15) is 16.9 Å². The number of esters is 1. The molecule has 0 aliphatic carbocycles. The highest BCUT2D eigenvalue weighted by Gasteiger charge is 2.22. The number of nitrogens with zero attached hydrogens (tertiary/aromatic N) is 2. The van der Waals surface area contributed by atoms with E-state index in [9.17, 15) is 23.2 Å². The predicted octanol–water partition coefficient (Wildman–Crippen LogP) is 3.52. The summed E-state index contributed by atoms with van der Waals surface area (Å²) in [7, 11) is 0. The fourth-order valence-corrected chi connectivity index (χ4v) is 3.22. The summed E-state index contributed by atoms with van der Waals surface area (Å²) in [6.07, 6.45) is -0.0244. The number of ether oxygens (including phenoxy) is 1. The Morgan fingerprint density at radius 1 is 1.16 bits per heavy atom. The number of hydrogen-bond acceptors (Lipinski definition) is 6. The predicted molar refractivity (Wildman–Crippen MR) is 117 cm³/mol. The molecule has 0 aliphatic heterocycles. The Bertz CT molecular complexity index is 995. The number of benzene rings is 2. The van der Waals surface area contributed by atoms with E-state index in [0.717, 1.165) is 16.7 Å². The molecule has 10 heteroatoms. The summed E-state index contributed by atoms with van der Waals surface area (Å²) >= 11 is 0.999. The Morgan fingerprint density at radius 2 is 1.84 bits per heavy atom. The van der Waals surface area contributed by atoms with Gasteiger partial charge < -0.3 is 15.0 Å². The van der Waals surface area contributed by atoms with E-state index >= 15 is 0 Å². The van der Waals surface area contributed by atoms with Gasteiger partial charge in [-0.3, -0.25) is 14.4 Å². The van der Waals surface area contributed by atoms with Gasteiger partial charge in [0.25, 0.3) is 5.91 Å². The van der Waals surface area contributed by atoms with Crippen LogP contribution in [0.15, 0.2) is 48.5 Å². The zero-order valence-corrected chi connectivity index (χ0v) is 18.0. The van der Waals surface area contributed by atoms with Crippen LogP contribution in [0.2, 0.25) is 0 Å². The van der Waals surface area contributed by atoms with Gasteiger partial charge in [-0.05, 0) is 43.3 Å². The quantitative estimate of drug-likeness (QED) is 0.544. The number of rotatable bonds is 10. The van der Waals surface area contributed by atoms with Gasteiger partial charge in [-0.1, -0.05) is 12.1 Å². The van der Waals surface area contributed by atoms with E-state index in [1.54, 1.807) is 6.07 Å². The summed E-state index contributed by atoms with van der Waals surface area (Å²) in [6.45, 7) is 0.833. The number of carbonyl (C=O) groups excluding carboxylic acids is 3. The number of thioether (sulfide) groups is 1. The SMILES string of the molecule is CC(SCC(=O)Nc1ccc(F)cc1)C(=O)OCC(=O)N(CCC#N)c1ccccc1F. The summed E-state index contributed by atoms with van der Waals surface area (Å²) < 4.78 is 32.0. The maximum atomic E-state index is 14.1. The van der Waals surface area contributed by atoms with Crippen molar-refractivity contribution < 1.29 is 27.9 Å². The van der Waals surface area contributed by atoms with Gasteiger partial charge in [0.05, 0.1) is 23.9 Å². The Morgan fingerprint density at radius 3 is 2.50 bits per heavy atom. The van der Waals surface area contributed by atoms with E-state index in [-0.39, 0.29) is 30.3 Å². The molecule has 0 aliphatic rings. The molecule has 1 atom stereocenters. The minimum Gasteiger partial charge on any atom is -0.455 e. The molecule has 7 nitrogen and oxygen atoms in total. The Labute approximate surface area is 188 Å². The highest BCUT2D eigenvalue weighted by atomic mass is 32.2. The molecule has 0 radical (unpaired) electrons. The average molecular weight is 461 g/mol. The lowest BCUT2D eigenvalue weighted by Gasteiger charge is -2.22. The number of hydrogen-bond donors (Lipinski definition) is 1. The molecule has 0 bridgehead atoms. The first-order chi connectivity index (χ1) is 15.3. The summed E-state index contributed by atoms with van der Waals surface area (Å²) in [5.41, 5.74) is 0.409. The normalized spacial score (nSPS) is 11.2. The number of nitrogens with one attached hydrogen (secondary N) is 1. The second-order valence-electron chi connectivity index (χ2n) is 6.52. The van der Waals surface area contributed by atoms with Crippen LogP contribution in [0, 0.1) is 23.0 Å². The summed E-state index contributed by atoms with van der Waals surface area (Å²) in [5.74, 6) is -2.91. The molecule has 2 aromatic rings. The lowest BCUT2D eigenvalue weighted by atomic mass is 10.2. The van der Waals surface area contributed by atoms with Crippen LogP contribution in [-0.4, -0.2) is 41.9 Å². The lowest BCUT2D eigenvalue weighted by Crippen LogP contribution is -2.37. The summed E-state index contributed by atoms with van der Waals surface area (Å²) in [6, 6.07) is 12.7. The molecule has 0 saturated heterocycles. The number of amides is 2. The highest BCUT2D eigenvalue weighted by Crippen LogP contribution is 2.20. The third-order valence-electron chi connectivity index (χ3n) is 4.15. The van der Waals surface area contributed by atoms with Crippen molar-refractivity contribution in [2.24, 2.45) is 0 Å². The first kappa shape index (κ1) is 24.8. The zero-order chi connectivity index (χ0) is 23.5. The van der Waals surface area contributed by atoms with Gasteiger partial charge in [-0.2, -0.15) is 5.26 Å². The van der Waals surface area contributed by atoms with Crippen LogP contribution in [0.1, 0.15) is 13.3 Å². The fraction of sp³-hybridized carbons (Fsp3) is 0.273. The van der Waals surface area contributed by atoms with Crippen molar-refractivity contribution in [2.75, 3.05) is 29.1 Å². The molecule has 1 unspecified atom stereocenters. The first-order valence-electron chi connectivity index (χ1n) is 9.57. The first-order valence-corrected chi connectivity index (χ1v) is 10.6. The molecular formula is C22H21F2N3O4S. The van der Waals surface area contributed by atoms with E-state index in [2.05, 4.69) is 5.32 Å². The van der Waals surface area contributed by atoms with Crippen LogP contribution in [0.25, 0.3) is 0 Å². The van der Waals surface area contributed by atoms with Crippen LogP contribution in [0.4, 0.5) is 20.2 Å². The second kappa shape index (κ2) is 12.4. The van der Waals surface area contributed by atoms with Gasteiger partial charge in [0.15, 0.2) is 6.61 Å². The zero-order valence-electron chi connectivity index (χ0n) is 17.2. The van der Waals surface area contributed by atoms with Crippen LogP contribution in [0.5, 0.6) is 0 Å². The van der Waals surface area contributed by atoms with Crippen LogP contribution in [-0.2, 0) is 19.1 Å². The van der Waals surface area contributed by atoms with Crippen molar-refractivity contribution in [3.8, 4) is 6.07 Å². The molecular weight excluding hydrogens is 440 g/mol. The van der Waals surface area contributed by atoms with Crippen molar-refractivity contribution in [1.82, 2.24) is 0 Å². The molecule has 0 heterocycles. The third kappa shape index (κ3) is 7.67. The largest absolute Gasteiger partial charge is 0.455 e. The van der Waals surface area contributed by atoms with E-state index in [0.29, 0.717) is 5.69 Å². The monoisotopic (exact) mass is 461 g/mol. The molecule has 32 heavy (non-hydrogen) atoms. The maximum Gasteiger partial charge on any atom is 0.319 e. The van der Waals surface area contributed by atoms with Crippen LogP contribution in [0.3, 0.4) is 0 Å². The molecule has 0 saturated carbocycles. The van der Waals surface area contributed by atoms with Crippen molar-refractivity contribution in [3.05, 3.63) is 60.2 Å². The molecule has 2 aromatic carbocycles. The number of nitriles is 1. The molecule has 0 fully saturated rings. The van der Waals surface area contributed by atoms with Gasteiger partial charge >= 0.3 is 5.97 Å². The molecule has 168 valence electrons. The minimum atomic E-state index is -0.747. The summed E-state index contributed by atoms with van der Waals surface area (Å²) in [4.78, 5) is 37.7.